The van der Waals surface area contributed by atoms with Crippen LogP contribution in [-0.4, -0.2) is 32.6 Å². The lowest BCUT2D eigenvalue weighted by atomic mass is 11.2. The van der Waals surface area contributed by atoms with Crippen LogP contribution in [0.4, 0.5) is 0 Å². The Bertz CT molecular complexity index is 211. The second-order valence-electron chi connectivity index (χ2n) is 1.35. The minimum absolute atomic E-state index is 0.00926. The molecule has 0 bridgehead atoms. The van der Waals surface area contributed by atoms with E-state index in [1.807, 2.05) is 0 Å². The average Bonchev–Trinajstić information content (AvgIpc) is 1.81. The molecule has 0 radical (unpaired) electrons. The van der Waals surface area contributed by atoms with Crippen LogP contribution < -0.4 is 0 Å². The van der Waals surface area contributed by atoms with Gasteiger partial charge in [0.2, 0.25) is 12.8 Å². The number of hydrogen-bond donors (Lipinski definition) is 0. The number of rotatable bonds is 4. The van der Waals surface area contributed by atoms with Gasteiger partial charge < -0.3 is 0 Å². The third-order valence-electron chi connectivity index (χ3n) is 0.429. The molecule has 7 heteroatoms. The maximum absolute atomic E-state index is 10.2. The van der Waals surface area contributed by atoms with Gasteiger partial charge in [0, 0.05) is 0 Å². The summed E-state index contributed by atoms with van der Waals surface area (Å²) in [6.07, 6.45) is 0.592. The van der Waals surface area contributed by atoms with Gasteiger partial charge in [-0.05, 0) is 0 Å². The molecule has 0 saturated carbocycles. The zero-order valence-electron chi connectivity index (χ0n) is 5.05. The number of hydroxylamine groups is 2. The van der Waals surface area contributed by atoms with Crippen molar-refractivity contribution in [1.82, 2.24) is 5.06 Å². The van der Waals surface area contributed by atoms with Gasteiger partial charge in [0.05, 0.1) is 6.26 Å². The van der Waals surface area contributed by atoms with Gasteiger partial charge in [-0.25, -0.2) is 0 Å². The first-order valence-electron chi connectivity index (χ1n) is 2.08. The molecule has 2 amide bonds. The molecule has 0 N–H and O–H groups in total. The van der Waals surface area contributed by atoms with E-state index in [-0.39, 0.29) is 17.9 Å². The first-order valence-corrected chi connectivity index (χ1v) is 3.90. The van der Waals surface area contributed by atoms with Crippen LogP contribution >= 0.6 is 0 Å². The molecule has 58 valence electrons. The highest BCUT2D eigenvalue weighted by Gasteiger charge is 2.08. The van der Waals surface area contributed by atoms with Crippen molar-refractivity contribution in [3.05, 3.63) is 0 Å². The molecule has 6 nitrogen and oxygen atoms in total. The van der Waals surface area contributed by atoms with E-state index in [1.54, 1.807) is 0 Å². The minimum Gasteiger partial charge on any atom is -0.276 e. The molecule has 0 aliphatic carbocycles. The predicted molar refractivity (Wildman–Crippen MR) is 29.9 cm³/mol. The van der Waals surface area contributed by atoms with Crippen molar-refractivity contribution in [2.75, 3.05) is 6.26 Å². The number of nitrogens with zero attached hydrogens (tertiary/aromatic N) is 1. The SMILES string of the molecule is CS(=O)(=O)ON(C=O)C=O. The smallest absolute Gasteiger partial charge is 0.276 e. The molecule has 0 spiro atoms. The van der Waals surface area contributed by atoms with Crippen molar-refractivity contribution in [3.8, 4) is 0 Å². The zero-order valence-corrected chi connectivity index (χ0v) is 5.87. The highest BCUT2D eigenvalue weighted by Crippen LogP contribution is 1.88. The van der Waals surface area contributed by atoms with Gasteiger partial charge in [-0.2, -0.15) is 8.42 Å². The molecule has 0 aliphatic rings. The molecular weight excluding hydrogens is 162 g/mol. The van der Waals surface area contributed by atoms with Crippen molar-refractivity contribution >= 4 is 22.9 Å². The van der Waals surface area contributed by atoms with Crippen LogP contribution in [0.15, 0.2) is 0 Å². The quantitative estimate of drug-likeness (QED) is 0.375. The van der Waals surface area contributed by atoms with Crippen molar-refractivity contribution < 1.29 is 22.3 Å². The van der Waals surface area contributed by atoms with Crippen molar-refractivity contribution in [3.63, 3.8) is 0 Å². The van der Waals surface area contributed by atoms with Crippen molar-refractivity contribution in [2.24, 2.45) is 0 Å². The van der Waals surface area contributed by atoms with Crippen molar-refractivity contribution in [2.45, 2.75) is 0 Å². The van der Waals surface area contributed by atoms with Crippen LogP contribution in [-0.2, 0) is 24.0 Å². The molecule has 0 aromatic heterocycles. The fraction of sp³-hybridized carbons (Fsp3) is 0.333. The van der Waals surface area contributed by atoms with E-state index in [0.29, 0.717) is 6.26 Å². The highest BCUT2D eigenvalue weighted by molar-refractivity contribution is 7.85. The fourth-order valence-corrected chi connectivity index (χ4v) is 0.599. The Morgan fingerprint density at radius 2 is 1.70 bits per heavy atom. The minimum atomic E-state index is -3.78. The van der Waals surface area contributed by atoms with Gasteiger partial charge in [0.1, 0.15) is 0 Å². The molecular formula is C3H5NO5S. The standard InChI is InChI=1S/C3H5NO5S/c1-10(7,8)9-4(2-5)3-6/h2-3H,1H3. The lowest BCUT2D eigenvalue weighted by Crippen LogP contribution is -2.23. The molecule has 0 aliphatic heterocycles. The Morgan fingerprint density at radius 3 is 1.80 bits per heavy atom. The van der Waals surface area contributed by atoms with Gasteiger partial charge >= 0.3 is 0 Å². The Kier molecular flexibility index (Phi) is 2.97. The lowest BCUT2D eigenvalue weighted by molar-refractivity contribution is -0.152. The van der Waals surface area contributed by atoms with E-state index in [9.17, 15) is 18.0 Å². The van der Waals surface area contributed by atoms with Gasteiger partial charge in [-0.3, -0.25) is 9.59 Å². The maximum Gasteiger partial charge on any atom is 0.285 e. The summed E-state index contributed by atoms with van der Waals surface area (Å²) in [5.74, 6) is 0. The molecule has 10 heavy (non-hydrogen) atoms. The van der Waals surface area contributed by atoms with Gasteiger partial charge in [0.25, 0.3) is 10.1 Å². The lowest BCUT2D eigenvalue weighted by Gasteiger charge is -2.03. The number of amides is 2. The van der Waals surface area contributed by atoms with Gasteiger partial charge in [-0.1, -0.05) is 0 Å². The number of imide groups is 1. The molecule has 0 aromatic carbocycles. The Balaban J connectivity index is 4.13. The monoisotopic (exact) mass is 167 g/mol. The number of hydrogen-bond acceptors (Lipinski definition) is 5. The van der Waals surface area contributed by atoms with E-state index < -0.39 is 10.1 Å². The summed E-state index contributed by atoms with van der Waals surface area (Å²) >= 11 is 0. The summed E-state index contributed by atoms with van der Waals surface area (Å²) < 4.78 is 24.2. The van der Waals surface area contributed by atoms with Crippen LogP contribution in [0.3, 0.4) is 0 Å². The highest BCUT2D eigenvalue weighted by atomic mass is 32.2. The normalized spacial score (nSPS) is 10.5. The first kappa shape index (κ1) is 9.05. The molecule has 0 saturated heterocycles. The van der Waals surface area contributed by atoms with E-state index in [4.69, 9.17) is 0 Å². The van der Waals surface area contributed by atoms with E-state index in [2.05, 4.69) is 4.28 Å². The third kappa shape index (κ3) is 3.98. The topological polar surface area (TPSA) is 80.8 Å². The summed E-state index contributed by atoms with van der Waals surface area (Å²) in [4.78, 5) is 19.4. The summed E-state index contributed by atoms with van der Waals surface area (Å²) in [7, 11) is -3.78. The Hall–Kier alpha value is -0.950. The largest absolute Gasteiger partial charge is 0.285 e. The molecule has 0 fully saturated rings. The number of carbonyl (C=O) groups is 2. The molecule has 0 unspecified atom stereocenters. The second kappa shape index (κ2) is 3.28. The number of carbonyl (C=O) groups excluding carboxylic acids is 2. The van der Waals surface area contributed by atoms with Crippen molar-refractivity contribution in [1.29, 1.82) is 0 Å². The molecule has 0 aromatic rings. The Labute approximate surface area is 57.5 Å². The van der Waals surface area contributed by atoms with E-state index >= 15 is 0 Å². The van der Waals surface area contributed by atoms with Gasteiger partial charge in [0.15, 0.2) is 0 Å². The second-order valence-corrected chi connectivity index (χ2v) is 2.91. The van der Waals surface area contributed by atoms with E-state index in [0.717, 1.165) is 0 Å². The summed E-state index contributed by atoms with van der Waals surface area (Å²) in [5.41, 5.74) is 0. The average molecular weight is 167 g/mol. The maximum atomic E-state index is 10.2. The van der Waals surface area contributed by atoms with Crippen LogP contribution in [0, 0.1) is 0 Å². The third-order valence-corrected chi connectivity index (χ3v) is 0.872. The van der Waals surface area contributed by atoms with Crippen LogP contribution in [0.25, 0.3) is 0 Å². The summed E-state index contributed by atoms with van der Waals surface area (Å²) in [5, 5.41) is 0.00926. The van der Waals surface area contributed by atoms with Gasteiger partial charge in [-0.15, -0.1) is 9.35 Å². The molecule has 0 heterocycles. The zero-order chi connectivity index (χ0) is 8.20. The summed E-state index contributed by atoms with van der Waals surface area (Å²) in [6, 6.07) is 0. The van der Waals surface area contributed by atoms with Crippen LogP contribution in [0.2, 0.25) is 0 Å². The molecule has 0 rings (SSSR count). The fourth-order valence-electron chi connectivity index (χ4n) is 0.216. The predicted octanol–water partition coefficient (Wildman–Crippen LogP) is -1.51. The van der Waals surface area contributed by atoms with E-state index in [1.165, 1.54) is 0 Å². The first-order chi connectivity index (χ1) is 4.49. The summed E-state index contributed by atoms with van der Waals surface area (Å²) in [6.45, 7) is 0. The molecule has 0 atom stereocenters. The van der Waals surface area contributed by atoms with Crippen LogP contribution in [0.1, 0.15) is 0 Å². The van der Waals surface area contributed by atoms with Crippen LogP contribution in [0.5, 0.6) is 0 Å². The Morgan fingerprint density at radius 1 is 1.30 bits per heavy atom.